The predicted octanol–water partition coefficient (Wildman–Crippen LogP) is 2.50. The van der Waals surface area contributed by atoms with Crippen molar-refractivity contribution in [2.24, 2.45) is 0 Å². The quantitative estimate of drug-likeness (QED) is 0.632. The van der Waals surface area contributed by atoms with Crippen LogP contribution in [0.2, 0.25) is 0 Å². The first kappa shape index (κ1) is 14.5. The highest BCUT2D eigenvalue weighted by Gasteiger charge is 2.19. The lowest BCUT2D eigenvalue weighted by atomic mass is 10.1. The molecule has 0 N–H and O–H groups in total. The van der Waals surface area contributed by atoms with E-state index in [2.05, 4.69) is 25.7 Å². The summed E-state index contributed by atoms with van der Waals surface area (Å²) in [7, 11) is 1.19. The van der Waals surface area contributed by atoms with Gasteiger partial charge < -0.3 is 4.74 Å². The molecular weight excluding hydrogens is 310 g/mol. The van der Waals surface area contributed by atoms with E-state index in [0.29, 0.717) is 0 Å². The number of aromatic nitrogens is 1. The average molecular weight is 319 g/mol. The Bertz CT molecular complexity index is 501. The molecule has 1 aromatic rings. The van der Waals surface area contributed by atoms with Gasteiger partial charge in [0.05, 0.1) is 19.2 Å². The van der Waals surface area contributed by atoms with Crippen LogP contribution in [0.1, 0.15) is 28.9 Å². The van der Waals surface area contributed by atoms with Crippen LogP contribution in [0.25, 0.3) is 0 Å². The van der Waals surface area contributed by atoms with E-state index < -0.39 is 12.4 Å². The van der Waals surface area contributed by atoms with Crippen LogP contribution in [-0.2, 0) is 21.3 Å². The largest absolute Gasteiger partial charge is 0.469 e. The van der Waals surface area contributed by atoms with Crippen LogP contribution in [0.15, 0.2) is 6.07 Å². The number of nitrogens with zero attached hydrogens (tertiary/aromatic N) is 2. The lowest BCUT2D eigenvalue weighted by Crippen LogP contribution is -2.09. The third-order valence-corrected chi connectivity index (χ3v) is 2.80. The maximum absolute atomic E-state index is 12.9. The van der Waals surface area contributed by atoms with Crippen LogP contribution < -0.4 is 0 Å². The van der Waals surface area contributed by atoms with Gasteiger partial charge in [0.2, 0.25) is 0 Å². The zero-order chi connectivity index (χ0) is 13.7. The molecule has 0 atom stereocenters. The number of pyridine rings is 1. The van der Waals surface area contributed by atoms with Gasteiger partial charge in [0.25, 0.3) is 6.43 Å². The second kappa shape index (κ2) is 6.40. The van der Waals surface area contributed by atoms with E-state index in [0.717, 1.165) is 6.07 Å². The van der Waals surface area contributed by atoms with Crippen molar-refractivity contribution < 1.29 is 18.3 Å². The molecule has 96 valence electrons. The third kappa shape index (κ3) is 3.23. The Balaban J connectivity index is 3.28. The normalized spacial score (nSPS) is 10.2. The van der Waals surface area contributed by atoms with Gasteiger partial charge in [0.15, 0.2) is 0 Å². The van der Waals surface area contributed by atoms with E-state index in [1.54, 1.807) is 6.07 Å². The van der Waals surface area contributed by atoms with Gasteiger partial charge in [-0.2, -0.15) is 5.26 Å². The summed E-state index contributed by atoms with van der Waals surface area (Å²) in [5.74, 6) is -0.599. The number of carbonyl (C=O) groups excluding carboxylic acids is 1. The van der Waals surface area contributed by atoms with Gasteiger partial charge in [-0.3, -0.25) is 4.79 Å². The Hall–Kier alpha value is -1.55. The van der Waals surface area contributed by atoms with Crippen molar-refractivity contribution in [1.82, 2.24) is 4.98 Å². The molecule has 0 fully saturated rings. The smallest absolute Gasteiger partial charge is 0.311 e. The molecule has 0 unspecified atom stereocenters. The molecule has 4 nitrogen and oxygen atoms in total. The first-order valence-electron chi connectivity index (χ1n) is 4.87. The molecule has 0 spiro atoms. The van der Waals surface area contributed by atoms with E-state index in [4.69, 9.17) is 5.26 Å². The van der Waals surface area contributed by atoms with Gasteiger partial charge in [-0.1, -0.05) is 15.9 Å². The highest BCUT2D eigenvalue weighted by Crippen LogP contribution is 2.27. The maximum Gasteiger partial charge on any atom is 0.311 e. The molecule has 0 aliphatic heterocycles. The summed E-state index contributed by atoms with van der Waals surface area (Å²) in [6, 6.07) is 2.87. The first-order chi connectivity index (χ1) is 8.53. The summed E-state index contributed by atoms with van der Waals surface area (Å²) in [4.78, 5) is 14.9. The number of esters is 1. The molecule has 0 saturated heterocycles. The second-order valence-electron chi connectivity index (χ2n) is 3.33. The number of methoxy groups -OCH3 is 1. The Morgan fingerprint density at radius 3 is 2.78 bits per heavy atom. The summed E-state index contributed by atoms with van der Waals surface area (Å²) < 4.78 is 30.1. The molecule has 0 bridgehead atoms. The third-order valence-electron chi connectivity index (χ3n) is 2.24. The van der Waals surface area contributed by atoms with Crippen LogP contribution >= 0.6 is 15.9 Å². The predicted molar refractivity (Wildman–Crippen MR) is 62.3 cm³/mol. The standard InChI is InChI=1S/C11H9BrF2N2O2/c1-18-10(17)3-6-2-7(11(13)14)8(4-12)9(5-15)16-6/h2,11H,3-4H2,1H3. The number of alkyl halides is 3. The summed E-state index contributed by atoms with van der Waals surface area (Å²) in [6.07, 6.45) is -2.97. The Morgan fingerprint density at radius 2 is 2.33 bits per heavy atom. The van der Waals surface area contributed by atoms with Crippen molar-refractivity contribution in [2.75, 3.05) is 7.11 Å². The minimum atomic E-state index is -2.73. The number of hydrogen-bond donors (Lipinski definition) is 0. The molecule has 0 amide bonds. The van der Waals surface area contributed by atoms with Crippen molar-refractivity contribution in [3.63, 3.8) is 0 Å². The zero-order valence-electron chi connectivity index (χ0n) is 9.41. The monoisotopic (exact) mass is 318 g/mol. The van der Waals surface area contributed by atoms with Gasteiger partial charge in [-0.15, -0.1) is 0 Å². The van der Waals surface area contributed by atoms with Crippen LogP contribution in [0.5, 0.6) is 0 Å². The van der Waals surface area contributed by atoms with E-state index >= 15 is 0 Å². The van der Waals surface area contributed by atoms with E-state index in [1.165, 1.54) is 7.11 Å². The Kier molecular flexibility index (Phi) is 5.16. The van der Waals surface area contributed by atoms with Crippen LogP contribution in [0, 0.1) is 11.3 Å². The average Bonchev–Trinajstić information content (AvgIpc) is 2.37. The molecule has 0 aliphatic rings. The Labute approximate surface area is 111 Å². The Morgan fingerprint density at radius 1 is 1.67 bits per heavy atom. The summed E-state index contributed by atoms with van der Waals surface area (Å²) >= 11 is 3.04. The zero-order valence-corrected chi connectivity index (χ0v) is 11.0. The van der Waals surface area contributed by atoms with Crippen LogP contribution in [-0.4, -0.2) is 18.1 Å². The van der Waals surface area contributed by atoms with Crippen molar-refractivity contribution in [2.45, 2.75) is 18.2 Å². The number of carbonyl (C=O) groups is 1. The number of halogens is 3. The fraction of sp³-hybridized carbons (Fsp3) is 0.364. The molecule has 1 rings (SSSR count). The number of hydrogen-bond acceptors (Lipinski definition) is 4. The van der Waals surface area contributed by atoms with Crippen molar-refractivity contribution >= 4 is 21.9 Å². The van der Waals surface area contributed by atoms with Crippen LogP contribution in [0.3, 0.4) is 0 Å². The molecule has 1 aromatic heterocycles. The number of nitriles is 1. The maximum atomic E-state index is 12.9. The van der Waals surface area contributed by atoms with Crippen molar-refractivity contribution in [1.29, 1.82) is 5.26 Å². The van der Waals surface area contributed by atoms with E-state index in [-0.39, 0.29) is 34.3 Å². The number of ether oxygens (including phenoxy) is 1. The van der Waals surface area contributed by atoms with Crippen molar-refractivity contribution in [3.8, 4) is 6.07 Å². The summed E-state index contributed by atoms with van der Waals surface area (Å²) in [5.41, 5.74) is -0.166. The fourth-order valence-corrected chi connectivity index (χ4v) is 1.97. The first-order valence-corrected chi connectivity index (χ1v) is 5.99. The fourth-order valence-electron chi connectivity index (χ4n) is 1.38. The molecule has 18 heavy (non-hydrogen) atoms. The van der Waals surface area contributed by atoms with Gasteiger partial charge in [-0.05, 0) is 6.07 Å². The molecular formula is C11H9BrF2N2O2. The topological polar surface area (TPSA) is 63.0 Å². The SMILES string of the molecule is COC(=O)Cc1cc(C(F)F)c(CBr)c(C#N)n1. The highest BCUT2D eigenvalue weighted by atomic mass is 79.9. The van der Waals surface area contributed by atoms with Gasteiger partial charge in [0, 0.05) is 16.5 Å². The molecule has 0 aromatic carbocycles. The molecule has 0 aliphatic carbocycles. The van der Waals surface area contributed by atoms with Crippen LogP contribution in [0.4, 0.5) is 8.78 Å². The second-order valence-corrected chi connectivity index (χ2v) is 3.89. The van der Waals surface area contributed by atoms with E-state index in [9.17, 15) is 13.6 Å². The summed E-state index contributed by atoms with van der Waals surface area (Å²) in [5, 5.41) is 8.98. The van der Waals surface area contributed by atoms with Gasteiger partial charge in [0.1, 0.15) is 11.8 Å². The molecule has 0 saturated carbocycles. The molecule has 1 heterocycles. The number of rotatable bonds is 4. The highest BCUT2D eigenvalue weighted by molar-refractivity contribution is 9.08. The van der Waals surface area contributed by atoms with Gasteiger partial charge >= 0.3 is 5.97 Å². The van der Waals surface area contributed by atoms with Crippen molar-refractivity contribution in [3.05, 3.63) is 28.6 Å². The lowest BCUT2D eigenvalue weighted by Gasteiger charge is -2.10. The molecule has 7 heteroatoms. The molecule has 0 radical (unpaired) electrons. The minimum absolute atomic E-state index is 0.0957. The van der Waals surface area contributed by atoms with Gasteiger partial charge in [-0.25, -0.2) is 13.8 Å². The minimum Gasteiger partial charge on any atom is -0.469 e. The lowest BCUT2D eigenvalue weighted by molar-refractivity contribution is -0.139. The van der Waals surface area contributed by atoms with E-state index in [1.807, 2.05) is 0 Å². The summed E-state index contributed by atoms with van der Waals surface area (Å²) in [6.45, 7) is 0.